The largest absolute Gasteiger partial charge is 0.120 e. The third-order valence-corrected chi connectivity index (χ3v) is 3.24. The van der Waals surface area contributed by atoms with Crippen LogP contribution in [0.4, 0.5) is 0 Å². The van der Waals surface area contributed by atoms with Gasteiger partial charge in [0.25, 0.3) is 0 Å². The summed E-state index contributed by atoms with van der Waals surface area (Å²) < 4.78 is 0. The highest BCUT2D eigenvalue weighted by Gasteiger charge is 2.28. The van der Waals surface area contributed by atoms with Crippen LogP contribution in [0.3, 0.4) is 0 Å². The topological polar surface area (TPSA) is 0 Å². The summed E-state index contributed by atoms with van der Waals surface area (Å²) in [5.41, 5.74) is 0. The molecule has 68 valence electrons. The van der Waals surface area contributed by atoms with Crippen LogP contribution in [-0.4, -0.2) is 0 Å². The summed E-state index contributed by atoms with van der Waals surface area (Å²) in [6.07, 6.45) is 9.51. The molecular formula is C12H20. The monoisotopic (exact) mass is 164 g/mol. The highest BCUT2D eigenvalue weighted by atomic mass is 14.3. The SMILES string of the molecule is C#C[C@@H]1C[C@H](C)CC[C@H]1C(C)C. The second-order valence-electron chi connectivity index (χ2n) is 4.60. The van der Waals surface area contributed by atoms with Crippen LogP contribution in [-0.2, 0) is 0 Å². The van der Waals surface area contributed by atoms with Crippen LogP contribution >= 0.6 is 0 Å². The van der Waals surface area contributed by atoms with E-state index in [0.29, 0.717) is 5.92 Å². The fourth-order valence-corrected chi connectivity index (χ4v) is 2.39. The maximum absolute atomic E-state index is 5.54. The van der Waals surface area contributed by atoms with Crippen molar-refractivity contribution in [2.45, 2.75) is 40.0 Å². The standard InChI is InChI=1S/C12H20/c1-5-11-8-10(4)6-7-12(11)9(2)3/h1,9-12H,6-8H2,2-4H3/t10-,11-,12+/m1/s1. The molecule has 0 radical (unpaired) electrons. The van der Waals surface area contributed by atoms with E-state index in [0.717, 1.165) is 17.8 Å². The molecule has 0 heterocycles. The number of hydrogen-bond acceptors (Lipinski definition) is 0. The van der Waals surface area contributed by atoms with E-state index in [9.17, 15) is 0 Å². The Kier molecular flexibility index (Phi) is 3.20. The molecule has 0 N–H and O–H groups in total. The molecule has 0 saturated heterocycles. The lowest BCUT2D eigenvalue weighted by Gasteiger charge is -2.34. The predicted molar refractivity (Wildman–Crippen MR) is 53.7 cm³/mol. The first-order valence-corrected chi connectivity index (χ1v) is 5.11. The minimum absolute atomic E-state index is 0.550. The first-order chi connectivity index (χ1) is 5.65. The average Bonchev–Trinajstić information content (AvgIpc) is 2.03. The van der Waals surface area contributed by atoms with Gasteiger partial charge in [-0.15, -0.1) is 12.3 Å². The van der Waals surface area contributed by atoms with Gasteiger partial charge in [-0.25, -0.2) is 0 Å². The molecule has 0 bridgehead atoms. The van der Waals surface area contributed by atoms with Crippen LogP contribution < -0.4 is 0 Å². The Morgan fingerprint density at radius 3 is 2.50 bits per heavy atom. The number of rotatable bonds is 1. The summed E-state index contributed by atoms with van der Waals surface area (Å²) in [6, 6.07) is 0. The van der Waals surface area contributed by atoms with Crippen molar-refractivity contribution in [1.29, 1.82) is 0 Å². The predicted octanol–water partition coefficient (Wildman–Crippen LogP) is 3.33. The van der Waals surface area contributed by atoms with Gasteiger partial charge in [0.1, 0.15) is 0 Å². The molecule has 1 fully saturated rings. The zero-order valence-electron chi connectivity index (χ0n) is 8.51. The van der Waals surface area contributed by atoms with E-state index in [-0.39, 0.29) is 0 Å². The molecular weight excluding hydrogens is 144 g/mol. The van der Waals surface area contributed by atoms with E-state index in [1.165, 1.54) is 19.3 Å². The third-order valence-electron chi connectivity index (χ3n) is 3.24. The summed E-state index contributed by atoms with van der Waals surface area (Å²) in [5.74, 6) is 5.91. The smallest absolute Gasteiger partial charge is 0.0233 e. The molecule has 0 aromatic rings. The molecule has 0 aromatic heterocycles. The normalized spacial score (nSPS) is 36.4. The van der Waals surface area contributed by atoms with Crippen LogP contribution in [0.5, 0.6) is 0 Å². The fraction of sp³-hybridized carbons (Fsp3) is 0.833. The van der Waals surface area contributed by atoms with Gasteiger partial charge in [-0.2, -0.15) is 0 Å². The quantitative estimate of drug-likeness (QED) is 0.521. The number of hydrogen-bond donors (Lipinski definition) is 0. The second-order valence-corrected chi connectivity index (χ2v) is 4.60. The van der Waals surface area contributed by atoms with Crippen molar-refractivity contribution in [2.75, 3.05) is 0 Å². The van der Waals surface area contributed by atoms with Crippen LogP contribution in [0.15, 0.2) is 0 Å². The summed E-state index contributed by atoms with van der Waals surface area (Å²) in [5, 5.41) is 0. The molecule has 1 rings (SSSR count). The van der Waals surface area contributed by atoms with E-state index in [2.05, 4.69) is 26.7 Å². The molecule has 12 heavy (non-hydrogen) atoms. The molecule has 3 atom stereocenters. The van der Waals surface area contributed by atoms with Crippen molar-refractivity contribution in [2.24, 2.45) is 23.7 Å². The van der Waals surface area contributed by atoms with Crippen LogP contribution in [0, 0.1) is 36.0 Å². The first kappa shape index (κ1) is 9.65. The minimum Gasteiger partial charge on any atom is -0.120 e. The molecule has 1 saturated carbocycles. The van der Waals surface area contributed by atoms with Gasteiger partial charge < -0.3 is 0 Å². The molecule has 0 aromatic carbocycles. The van der Waals surface area contributed by atoms with Crippen LogP contribution in [0.1, 0.15) is 40.0 Å². The maximum Gasteiger partial charge on any atom is 0.0233 e. The summed E-state index contributed by atoms with van der Waals surface area (Å²) in [6.45, 7) is 6.91. The lowest BCUT2D eigenvalue weighted by atomic mass is 9.70. The highest BCUT2D eigenvalue weighted by Crippen LogP contribution is 2.37. The van der Waals surface area contributed by atoms with E-state index < -0.39 is 0 Å². The van der Waals surface area contributed by atoms with E-state index in [4.69, 9.17) is 6.42 Å². The molecule has 0 heteroatoms. The highest BCUT2D eigenvalue weighted by molar-refractivity contribution is 4.99. The molecule has 0 aliphatic heterocycles. The Morgan fingerprint density at radius 1 is 1.33 bits per heavy atom. The van der Waals surface area contributed by atoms with E-state index in [1.54, 1.807) is 0 Å². The van der Waals surface area contributed by atoms with Gasteiger partial charge in [-0.1, -0.05) is 27.2 Å². The lowest BCUT2D eigenvalue weighted by molar-refractivity contribution is 0.185. The Balaban J connectivity index is 2.58. The summed E-state index contributed by atoms with van der Waals surface area (Å²) in [4.78, 5) is 0. The molecule has 1 aliphatic carbocycles. The maximum atomic E-state index is 5.54. The molecule has 0 nitrogen and oxygen atoms in total. The van der Waals surface area contributed by atoms with Crippen molar-refractivity contribution in [1.82, 2.24) is 0 Å². The van der Waals surface area contributed by atoms with Crippen molar-refractivity contribution in [3.8, 4) is 12.3 Å². The van der Waals surface area contributed by atoms with Gasteiger partial charge in [0.05, 0.1) is 0 Å². The van der Waals surface area contributed by atoms with Gasteiger partial charge in [-0.05, 0) is 30.6 Å². The van der Waals surface area contributed by atoms with Crippen LogP contribution in [0.2, 0.25) is 0 Å². The lowest BCUT2D eigenvalue weighted by Crippen LogP contribution is -2.26. The number of terminal acetylenes is 1. The van der Waals surface area contributed by atoms with Gasteiger partial charge in [0, 0.05) is 5.92 Å². The van der Waals surface area contributed by atoms with Crippen LogP contribution in [0.25, 0.3) is 0 Å². The van der Waals surface area contributed by atoms with Gasteiger partial charge in [0.2, 0.25) is 0 Å². The molecule has 0 amide bonds. The summed E-state index contributed by atoms with van der Waals surface area (Å²) in [7, 11) is 0. The van der Waals surface area contributed by atoms with Crippen molar-refractivity contribution >= 4 is 0 Å². The van der Waals surface area contributed by atoms with E-state index >= 15 is 0 Å². The minimum atomic E-state index is 0.550. The summed E-state index contributed by atoms with van der Waals surface area (Å²) >= 11 is 0. The molecule has 0 spiro atoms. The van der Waals surface area contributed by atoms with Crippen molar-refractivity contribution in [3.63, 3.8) is 0 Å². The fourth-order valence-electron chi connectivity index (χ4n) is 2.39. The zero-order valence-corrected chi connectivity index (χ0v) is 8.51. The first-order valence-electron chi connectivity index (χ1n) is 5.11. The van der Waals surface area contributed by atoms with E-state index in [1.807, 2.05) is 0 Å². The Hall–Kier alpha value is -0.440. The average molecular weight is 164 g/mol. The Bertz CT molecular complexity index is 173. The van der Waals surface area contributed by atoms with Gasteiger partial charge >= 0.3 is 0 Å². The van der Waals surface area contributed by atoms with Gasteiger partial charge in [-0.3, -0.25) is 0 Å². The van der Waals surface area contributed by atoms with Crippen molar-refractivity contribution in [3.05, 3.63) is 0 Å². The zero-order chi connectivity index (χ0) is 9.14. The molecule has 1 aliphatic rings. The second kappa shape index (κ2) is 3.99. The Labute approximate surface area is 76.7 Å². The van der Waals surface area contributed by atoms with Gasteiger partial charge in [0.15, 0.2) is 0 Å². The molecule has 0 unspecified atom stereocenters. The third kappa shape index (κ3) is 2.03. The Morgan fingerprint density at radius 2 is 2.00 bits per heavy atom. The van der Waals surface area contributed by atoms with Crippen molar-refractivity contribution < 1.29 is 0 Å².